The number of aliphatic hydroxyl groups is 2. The Labute approximate surface area is 131 Å². The van der Waals surface area contributed by atoms with Crippen molar-refractivity contribution in [3.8, 4) is 0 Å². The Morgan fingerprint density at radius 1 is 1.27 bits per heavy atom. The minimum atomic E-state index is -0.569. The fraction of sp³-hybridized carbons (Fsp3) is 0.588. The topological polar surface area (TPSA) is 70.0 Å². The van der Waals surface area contributed by atoms with E-state index in [9.17, 15) is 4.79 Å². The highest BCUT2D eigenvalue weighted by Crippen LogP contribution is 2.55. The van der Waals surface area contributed by atoms with E-state index in [2.05, 4.69) is 0 Å². The molecule has 1 fully saturated rings. The summed E-state index contributed by atoms with van der Waals surface area (Å²) in [5.74, 6) is -0.00815. The molecule has 0 amide bonds. The van der Waals surface area contributed by atoms with Gasteiger partial charge in [-0.3, -0.25) is 9.69 Å². The Hall–Kier alpha value is -1.43. The minimum absolute atomic E-state index is 0.0461. The monoisotopic (exact) mass is 307 g/mol. The van der Waals surface area contributed by atoms with Crippen LogP contribution in [0.4, 0.5) is 0 Å². The molecule has 22 heavy (non-hydrogen) atoms. The van der Waals surface area contributed by atoms with Gasteiger partial charge in [0.15, 0.2) is 0 Å². The van der Waals surface area contributed by atoms with Gasteiger partial charge in [0.05, 0.1) is 25.2 Å². The predicted octanol–water partition coefficient (Wildman–Crippen LogP) is 0.794. The Balaban J connectivity index is 2.14. The molecular weight excluding hydrogens is 282 g/mol. The minimum Gasteiger partial charge on any atom is -0.465 e. The van der Waals surface area contributed by atoms with Gasteiger partial charge in [-0.05, 0) is 24.8 Å². The van der Waals surface area contributed by atoms with Crippen LogP contribution in [0.3, 0.4) is 0 Å². The molecule has 5 heteroatoms. The van der Waals surface area contributed by atoms with Crippen LogP contribution in [0.5, 0.6) is 0 Å². The molecule has 0 radical (unpaired) electrons. The van der Waals surface area contributed by atoms with Crippen LogP contribution in [-0.4, -0.2) is 60.5 Å². The first-order chi connectivity index (χ1) is 10.7. The summed E-state index contributed by atoms with van der Waals surface area (Å²) < 4.78 is 5.30. The fourth-order valence-electron chi connectivity index (χ4n) is 3.16. The van der Waals surface area contributed by atoms with Gasteiger partial charge in [-0.2, -0.15) is 0 Å². The second kappa shape index (κ2) is 7.72. The highest BCUT2D eigenvalue weighted by Gasteiger charge is 2.62. The first kappa shape index (κ1) is 16.9. The largest absolute Gasteiger partial charge is 0.465 e. The predicted molar refractivity (Wildman–Crippen MR) is 83.5 cm³/mol. The van der Waals surface area contributed by atoms with E-state index in [-0.39, 0.29) is 25.1 Å². The molecule has 1 aliphatic carbocycles. The summed E-state index contributed by atoms with van der Waals surface area (Å²) in [6.45, 7) is 3.97. The summed E-state index contributed by atoms with van der Waals surface area (Å²) in [4.78, 5) is 14.5. The Kier molecular flexibility index (Phi) is 5.94. The summed E-state index contributed by atoms with van der Waals surface area (Å²) in [5.41, 5.74) is 0.423. The Morgan fingerprint density at radius 2 is 1.91 bits per heavy atom. The average Bonchev–Trinajstić information content (AvgIpc) is 3.24. The van der Waals surface area contributed by atoms with Gasteiger partial charge in [0, 0.05) is 19.6 Å². The molecule has 1 aromatic carbocycles. The van der Waals surface area contributed by atoms with E-state index in [1.807, 2.05) is 42.2 Å². The van der Waals surface area contributed by atoms with Crippen LogP contribution >= 0.6 is 0 Å². The third-order valence-electron chi connectivity index (χ3n) is 4.34. The fourth-order valence-corrected chi connectivity index (χ4v) is 3.16. The number of esters is 1. The van der Waals surface area contributed by atoms with Crippen molar-refractivity contribution in [2.24, 2.45) is 5.92 Å². The lowest BCUT2D eigenvalue weighted by Gasteiger charge is -2.23. The van der Waals surface area contributed by atoms with Crippen LogP contribution in [0, 0.1) is 5.92 Å². The van der Waals surface area contributed by atoms with Crippen LogP contribution in [0.15, 0.2) is 30.3 Å². The van der Waals surface area contributed by atoms with E-state index in [1.54, 1.807) is 0 Å². The lowest BCUT2D eigenvalue weighted by atomic mass is 9.93. The number of hydrogen-bond donors (Lipinski definition) is 2. The van der Waals surface area contributed by atoms with E-state index >= 15 is 0 Å². The smallest absolute Gasteiger partial charge is 0.316 e. The second-order valence-corrected chi connectivity index (χ2v) is 5.71. The van der Waals surface area contributed by atoms with E-state index < -0.39 is 5.41 Å². The first-order valence-electron chi connectivity index (χ1n) is 7.85. The zero-order valence-corrected chi connectivity index (χ0v) is 13.1. The van der Waals surface area contributed by atoms with Crippen molar-refractivity contribution in [1.29, 1.82) is 0 Å². The molecule has 1 aromatic rings. The van der Waals surface area contributed by atoms with Gasteiger partial charge in [-0.1, -0.05) is 30.3 Å². The highest BCUT2D eigenvalue weighted by molar-refractivity contribution is 5.87. The number of nitrogens with zero attached hydrogens (tertiary/aromatic N) is 1. The van der Waals surface area contributed by atoms with E-state index in [1.165, 1.54) is 0 Å². The molecule has 122 valence electrons. The Morgan fingerprint density at radius 3 is 2.45 bits per heavy atom. The van der Waals surface area contributed by atoms with Gasteiger partial charge < -0.3 is 14.9 Å². The number of carbonyl (C=O) groups excluding carboxylic acids is 1. The first-order valence-corrected chi connectivity index (χ1v) is 7.85. The second-order valence-electron chi connectivity index (χ2n) is 5.71. The molecule has 5 nitrogen and oxygen atoms in total. The molecule has 2 rings (SSSR count). The molecule has 0 heterocycles. The van der Waals surface area contributed by atoms with E-state index in [4.69, 9.17) is 14.9 Å². The van der Waals surface area contributed by atoms with Gasteiger partial charge in [0.2, 0.25) is 0 Å². The van der Waals surface area contributed by atoms with Crippen molar-refractivity contribution in [2.45, 2.75) is 18.8 Å². The zero-order valence-electron chi connectivity index (χ0n) is 13.1. The quantitative estimate of drug-likeness (QED) is 0.660. The molecule has 0 saturated heterocycles. The number of benzene rings is 1. The summed E-state index contributed by atoms with van der Waals surface area (Å²) in [5, 5.41) is 18.2. The third kappa shape index (κ3) is 3.48. The normalized spacial score (nSPS) is 23.5. The number of carbonyl (C=O) groups is 1. The molecule has 1 aliphatic rings. The SMILES string of the molecule is CCOC(=O)[C@@]1(c2ccccc2)CC1CN(CCO)CCO. The van der Waals surface area contributed by atoms with Crippen molar-refractivity contribution in [1.82, 2.24) is 4.90 Å². The van der Waals surface area contributed by atoms with Crippen molar-refractivity contribution in [2.75, 3.05) is 39.5 Å². The summed E-state index contributed by atoms with van der Waals surface area (Å²) in [7, 11) is 0. The highest BCUT2D eigenvalue weighted by atomic mass is 16.5. The van der Waals surface area contributed by atoms with Crippen LogP contribution in [0.2, 0.25) is 0 Å². The van der Waals surface area contributed by atoms with Crippen molar-refractivity contribution in [3.63, 3.8) is 0 Å². The average molecular weight is 307 g/mol. The molecule has 2 N–H and O–H groups in total. The number of rotatable bonds is 9. The lowest BCUT2D eigenvalue weighted by Crippen LogP contribution is -2.35. The maximum Gasteiger partial charge on any atom is 0.316 e. The van der Waals surface area contributed by atoms with Crippen LogP contribution < -0.4 is 0 Å². The Bertz CT molecular complexity index is 473. The molecule has 1 unspecified atom stereocenters. The molecule has 0 aliphatic heterocycles. The number of ether oxygens (including phenoxy) is 1. The molecular formula is C17H25NO4. The summed E-state index contributed by atoms with van der Waals surface area (Å²) in [6, 6.07) is 9.75. The summed E-state index contributed by atoms with van der Waals surface area (Å²) >= 11 is 0. The van der Waals surface area contributed by atoms with Gasteiger partial charge in [0.1, 0.15) is 0 Å². The standard InChI is InChI=1S/C17H25NO4/c1-2-22-16(21)17(14-6-4-3-5-7-14)12-15(17)13-18(8-10-19)9-11-20/h3-7,15,19-20H,2,8-13H2,1H3/t15?,17-/m1/s1. The molecule has 2 atom stereocenters. The zero-order chi connectivity index (χ0) is 16.0. The van der Waals surface area contributed by atoms with Gasteiger partial charge in [-0.25, -0.2) is 0 Å². The lowest BCUT2D eigenvalue weighted by molar-refractivity contribution is -0.146. The molecule has 0 aromatic heterocycles. The van der Waals surface area contributed by atoms with Crippen molar-refractivity contribution >= 4 is 5.97 Å². The van der Waals surface area contributed by atoms with Crippen LogP contribution in [-0.2, 0) is 14.9 Å². The number of hydrogen-bond acceptors (Lipinski definition) is 5. The molecule has 0 spiro atoms. The molecule has 0 bridgehead atoms. The maximum absolute atomic E-state index is 12.5. The van der Waals surface area contributed by atoms with Gasteiger partial charge >= 0.3 is 5.97 Å². The third-order valence-corrected chi connectivity index (χ3v) is 4.34. The molecule has 1 saturated carbocycles. The van der Waals surface area contributed by atoms with Crippen LogP contribution in [0.1, 0.15) is 18.9 Å². The van der Waals surface area contributed by atoms with Crippen molar-refractivity contribution in [3.05, 3.63) is 35.9 Å². The van der Waals surface area contributed by atoms with Crippen LogP contribution in [0.25, 0.3) is 0 Å². The van der Waals surface area contributed by atoms with Gasteiger partial charge in [0.25, 0.3) is 0 Å². The number of aliphatic hydroxyl groups excluding tert-OH is 2. The van der Waals surface area contributed by atoms with E-state index in [0.29, 0.717) is 26.2 Å². The summed E-state index contributed by atoms with van der Waals surface area (Å²) in [6.07, 6.45) is 0.753. The van der Waals surface area contributed by atoms with Gasteiger partial charge in [-0.15, -0.1) is 0 Å². The van der Waals surface area contributed by atoms with Crippen molar-refractivity contribution < 1.29 is 19.7 Å². The van der Waals surface area contributed by atoms with E-state index in [0.717, 1.165) is 12.0 Å². The maximum atomic E-state index is 12.5.